The van der Waals surface area contributed by atoms with Gasteiger partial charge < -0.3 is 15.6 Å². The lowest BCUT2D eigenvalue weighted by molar-refractivity contribution is -0.138. The maximum absolute atomic E-state index is 10.6. The third kappa shape index (κ3) is 5.36. The van der Waals surface area contributed by atoms with Crippen LogP contribution in [-0.4, -0.2) is 23.7 Å². The first-order valence-electron chi connectivity index (χ1n) is 5.75. The Balaban J connectivity index is 2.42. The molecule has 0 spiro atoms. The second-order valence-electron chi connectivity index (χ2n) is 4.18. The molecule has 1 aromatic carbocycles. The van der Waals surface area contributed by atoms with Crippen LogP contribution in [0.4, 0.5) is 0 Å². The average Bonchev–Trinajstić information content (AvgIpc) is 2.28. The standard InChI is InChI=1S/C13H19NO3/c1-10(7-11(9-14)8-13(15)16)17-12-5-3-2-4-6-12/h2-6,10-11H,7-9,14H2,1H3,(H,15,16). The fourth-order valence-electron chi connectivity index (χ4n) is 1.76. The largest absolute Gasteiger partial charge is 0.491 e. The number of carboxylic acids is 1. The molecule has 2 unspecified atom stereocenters. The lowest BCUT2D eigenvalue weighted by Crippen LogP contribution is -2.24. The maximum atomic E-state index is 10.6. The highest BCUT2D eigenvalue weighted by molar-refractivity contribution is 5.67. The maximum Gasteiger partial charge on any atom is 0.303 e. The molecule has 3 N–H and O–H groups in total. The van der Waals surface area contributed by atoms with Gasteiger partial charge in [0.05, 0.1) is 6.10 Å². The molecule has 0 aliphatic heterocycles. The first-order valence-corrected chi connectivity index (χ1v) is 5.75. The van der Waals surface area contributed by atoms with Crippen LogP contribution >= 0.6 is 0 Å². The van der Waals surface area contributed by atoms with Crippen LogP contribution in [0.25, 0.3) is 0 Å². The van der Waals surface area contributed by atoms with Gasteiger partial charge in [0, 0.05) is 6.42 Å². The average molecular weight is 237 g/mol. The van der Waals surface area contributed by atoms with E-state index < -0.39 is 5.97 Å². The highest BCUT2D eigenvalue weighted by atomic mass is 16.5. The molecule has 0 aromatic heterocycles. The van der Waals surface area contributed by atoms with Crippen LogP contribution in [0.15, 0.2) is 30.3 Å². The molecular weight excluding hydrogens is 218 g/mol. The zero-order valence-corrected chi connectivity index (χ0v) is 10.0. The first kappa shape index (κ1) is 13.5. The number of hydrogen-bond acceptors (Lipinski definition) is 3. The summed E-state index contributed by atoms with van der Waals surface area (Å²) in [7, 11) is 0. The predicted molar refractivity (Wildman–Crippen MR) is 65.9 cm³/mol. The summed E-state index contributed by atoms with van der Waals surface area (Å²) in [4.78, 5) is 10.6. The normalized spacial score (nSPS) is 14.0. The molecule has 94 valence electrons. The Bertz CT molecular complexity index is 340. The molecule has 4 heteroatoms. The SMILES string of the molecule is CC(CC(CN)CC(=O)O)Oc1ccccc1. The van der Waals surface area contributed by atoms with Crippen LogP contribution in [0.5, 0.6) is 5.75 Å². The van der Waals surface area contributed by atoms with Crippen molar-refractivity contribution in [3.8, 4) is 5.75 Å². The van der Waals surface area contributed by atoms with Gasteiger partial charge in [-0.2, -0.15) is 0 Å². The van der Waals surface area contributed by atoms with E-state index in [1.54, 1.807) is 0 Å². The molecule has 0 aliphatic rings. The minimum absolute atomic E-state index is 0.0359. The fourth-order valence-corrected chi connectivity index (χ4v) is 1.76. The van der Waals surface area contributed by atoms with Crippen molar-refractivity contribution in [3.05, 3.63) is 30.3 Å². The first-order chi connectivity index (χ1) is 8.11. The van der Waals surface area contributed by atoms with Gasteiger partial charge in [0.2, 0.25) is 0 Å². The van der Waals surface area contributed by atoms with Crippen molar-refractivity contribution in [2.45, 2.75) is 25.9 Å². The molecule has 0 bridgehead atoms. The van der Waals surface area contributed by atoms with E-state index in [-0.39, 0.29) is 18.4 Å². The molecule has 4 nitrogen and oxygen atoms in total. The number of nitrogens with two attached hydrogens (primary N) is 1. The Hall–Kier alpha value is -1.55. The van der Waals surface area contributed by atoms with Crippen molar-refractivity contribution in [3.63, 3.8) is 0 Å². The molecular formula is C13H19NO3. The molecule has 0 heterocycles. The van der Waals surface area contributed by atoms with Gasteiger partial charge in [0.25, 0.3) is 0 Å². The van der Waals surface area contributed by atoms with Gasteiger partial charge in [-0.25, -0.2) is 0 Å². The molecule has 0 amide bonds. The molecule has 0 fully saturated rings. The van der Waals surface area contributed by atoms with Crippen molar-refractivity contribution in [2.75, 3.05) is 6.54 Å². The smallest absolute Gasteiger partial charge is 0.303 e. The van der Waals surface area contributed by atoms with E-state index in [0.717, 1.165) is 5.75 Å². The number of benzene rings is 1. The summed E-state index contributed by atoms with van der Waals surface area (Å²) < 4.78 is 5.68. The quantitative estimate of drug-likeness (QED) is 0.759. The number of rotatable bonds is 7. The van der Waals surface area contributed by atoms with Crippen molar-refractivity contribution >= 4 is 5.97 Å². The third-order valence-electron chi connectivity index (χ3n) is 2.54. The zero-order chi connectivity index (χ0) is 12.7. The fraction of sp³-hybridized carbons (Fsp3) is 0.462. The van der Waals surface area contributed by atoms with Gasteiger partial charge in [0.15, 0.2) is 0 Å². The van der Waals surface area contributed by atoms with Crippen molar-refractivity contribution in [2.24, 2.45) is 11.7 Å². The van der Waals surface area contributed by atoms with E-state index in [9.17, 15) is 4.79 Å². The van der Waals surface area contributed by atoms with Crippen LogP contribution in [0, 0.1) is 5.92 Å². The van der Waals surface area contributed by atoms with E-state index in [1.807, 2.05) is 37.3 Å². The molecule has 17 heavy (non-hydrogen) atoms. The second kappa shape index (κ2) is 6.91. The number of carboxylic acid groups (broad SMARTS) is 1. The monoisotopic (exact) mass is 237 g/mol. The van der Waals surface area contributed by atoms with Crippen molar-refractivity contribution < 1.29 is 14.6 Å². The Kier molecular flexibility index (Phi) is 5.49. The predicted octanol–water partition coefficient (Wildman–Crippen LogP) is 1.89. The number of aliphatic carboxylic acids is 1. The Morgan fingerprint density at radius 2 is 2.06 bits per heavy atom. The van der Waals surface area contributed by atoms with Gasteiger partial charge in [-0.1, -0.05) is 18.2 Å². The number of ether oxygens (including phenoxy) is 1. The molecule has 0 aliphatic carbocycles. The minimum Gasteiger partial charge on any atom is -0.491 e. The highest BCUT2D eigenvalue weighted by Crippen LogP contribution is 2.16. The van der Waals surface area contributed by atoms with Gasteiger partial charge in [0.1, 0.15) is 5.75 Å². The molecule has 0 saturated heterocycles. The van der Waals surface area contributed by atoms with E-state index in [2.05, 4.69) is 0 Å². The second-order valence-corrected chi connectivity index (χ2v) is 4.18. The van der Waals surface area contributed by atoms with Crippen molar-refractivity contribution in [1.82, 2.24) is 0 Å². The van der Waals surface area contributed by atoms with E-state index in [4.69, 9.17) is 15.6 Å². The summed E-state index contributed by atoms with van der Waals surface area (Å²) in [5.41, 5.74) is 5.54. The summed E-state index contributed by atoms with van der Waals surface area (Å²) in [6.45, 7) is 2.30. The van der Waals surface area contributed by atoms with E-state index >= 15 is 0 Å². The zero-order valence-electron chi connectivity index (χ0n) is 10.0. The van der Waals surface area contributed by atoms with Crippen molar-refractivity contribution in [1.29, 1.82) is 0 Å². The number of hydrogen-bond donors (Lipinski definition) is 2. The van der Waals surface area contributed by atoms with E-state index in [1.165, 1.54) is 0 Å². The molecule has 0 saturated carbocycles. The Morgan fingerprint density at radius 3 is 2.59 bits per heavy atom. The third-order valence-corrected chi connectivity index (χ3v) is 2.54. The van der Waals surface area contributed by atoms with Crippen LogP contribution in [0.2, 0.25) is 0 Å². The number of para-hydroxylation sites is 1. The lowest BCUT2D eigenvalue weighted by atomic mass is 9.99. The van der Waals surface area contributed by atoms with E-state index in [0.29, 0.717) is 13.0 Å². The summed E-state index contributed by atoms with van der Waals surface area (Å²) in [5, 5.41) is 8.72. The van der Waals surface area contributed by atoms with Crippen LogP contribution in [0.3, 0.4) is 0 Å². The van der Waals surface area contributed by atoms with Gasteiger partial charge >= 0.3 is 5.97 Å². The van der Waals surface area contributed by atoms with Crippen LogP contribution in [0.1, 0.15) is 19.8 Å². The topological polar surface area (TPSA) is 72.6 Å². The van der Waals surface area contributed by atoms with Crippen LogP contribution in [-0.2, 0) is 4.79 Å². The minimum atomic E-state index is -0.813. The highest BCUT2D eigenvalue weighted by Gasteiger charge is 2.16. The molecule has 1 rings (SSSR count). The molecule has 1 aromatic rings. The van der Waals surface area contributed by atoms with Gasteiger partial charge in [-0.3, -0.25) is 4.79 Å². The van der Waals surface area contributed by atoms with Gasteiger partial charge in [-0.15, -0.1) is 0 Å². The summed E-state index contributed by atoms with van der Waals surface area (Å²) in [5.74, 6) is -0.0512. The summed E-state index contributed by atoms with van der Waals surface area (Å²) >= 11 is 0. The summed E-state index contributed by atoms with van der Waals surface area (Å²) in [6, 6.07) is 9.49. The van der Waals surface area contributed by atoms with Crippen LogP contribution < -0.4 is 10.5 Å². The molecule has 0 radical (unpaired) electrons. The lowest BCUT2D eigenvalue weighted by Gasteiger charge is -2.19. The Labute approximate surface area is 101 Å². The van der Waals surface area contributed by atoms with Gasteiger partial charge in [-0.05, 0) is 37.9 Å². The summed E-state index contributed by atoms with van der Waals surface area (Å²) in [6.07, 6.45) is 0.710. The number of carbonyl (C=O) groups is 1. The Morgan fingerprint density at radius 1 is 1.41 bits per heavy atom. The molecule has 2 atom stereocenters.